The van der Waals surface area contributed by atoms with Gasteiger partial charge in [0, 0.05) is 0 Å². The van der Waals surface area contributed by atoms with E-state index in [0.717, 1.165) is 6.08 Å². The highest BCUT2D eigenvalue weighted by Gasteiger charge is 2.07. The Morgan fingerprint density at radius 2 is 1.76 bits per heavy atom. The molecule has 0 saturated carbocycles. The van der Waals surface area contributed by atoms with Gasteiger partial charge < -0.3 is 5.73 Å². The molecule has 0 heterocycles. The average molecular weight is 232 g/mol. The van der Waals surface area contributed by atoms with Crippen molar-refractivity contribution in [2.45, 2.75) is 19.3 Å². The number of primary amides is 1. The highest BCUT2D eigenvalue weighted by Crippen LogP contribution is 2.20. The van der Waals surface area contributed by atoms with Crippen molar-refractivity contribution >= 4 is 11.9 Å². The largest absolute Gasteiger partial charge is 0.351 e. The van der Waals surface area contributed by atoms with Crippen LogP contribution in [-0.2, 0) is 17.6 Å². The Morgan fingerprint density at radius 3 is 2.12 bits per heavy atom. The molecule has 0 aliphatic heterocycles. The number of hydrogen-bond acceptors (Lipinski definition) is 2. The van der Waals surface area contributed by atoms with Gasteiger partial charge in [0.25, 0.3) is 5.91 Å². The van der Waals surface area contributed by atoms with Crippen LogP contribution in [0.25, 0.3) is 0 Å². The van der Waals surface area contributed by atoms with Crippen LogP contribution in [-0.4, -0.2) is 11.9 Å². The Balaban J connectivity index is 0.000000172. The minimum atomic E-state index is -0.866. The fourth-order valence-electron chi connectivity index (χ4n) is 1.69. The average Bonchev–Trinajstić information content (AvgIpc) is 2.76. The number of urea groups is 1. The number of nitrogens with two attached hydrogens (primary N) is 1. The summed E-state index contributed by atoms with van der Waals surface area (Å²) in [6.07, 6.45) is 4.93. The zero-order valence-corrected chi connectivity index (χ0v) is 9.61. The van der Waals surface area contributed by atoms with Gasteiger partial charge in [0.15, 0.2) is 0 Å². The molecular weight excluding hydrogens is 216 g/mol. The molecule has 1 aromatic rings. The summed E-state index contributed by atoms with van der Waals surface area (Å²) in [5.74, 6) is -0.586. The molecule has 1 aliphatic carbocycles. The molecule has 3 amide bonds. The lowest BCUT2D eigenvalue weighted by molar-refractivity contribution is -0.115. The molecule has 0 spiro atoms. The van der Waals surface area contributed by atoms with Crippen LogP contribution in [0, 0.1) is 0 Å². The minimum absolute atomic E-state index is 0.586. The van der Waals surface area contributed by atoms with E-state index in [4.69, 9.17) is 0 Å². The van der Waals surface area contributed by atoms with E-state index in [1.54, 1.807) is 16.4 Å². The summed E-state index contributed by atoms with van der Waals surface area (Å²) in [6, 6.07) is 7.87. The van der Waals surface area contributed by atoms with Crippen LogP contribution in [0.2, 0.25) is 0 Å². The highest BCUT2D eigenvalue weighted by molar-refractivity contribution is 5.99. The van der Waals surface area contributed by atoms with Crippen molar-refractivity contribution in [1.29, 1.82) is 0 Å². The number of benzene rings is 1. The number of aryl methyl sites for hydroxylation is 2. The van der Waals surface area contributed by atoms with E-state index in [0.29, 0.717) is 0 Å². The summed E-state index contributed by atoms with van der Waals surface area (Å²) in [5, 5.41) is 1.77. The molecule has 0 fully saturated rings. The topological polar surface area (TPSA) is 72.2 Å². The number of carbonyl (C=O) groups excluding carboxylic acids is 2. The smallest absolute Gasteiger partial charge is 0.319 e. The standard InChI is InChI=1S/C9H10.C4H6N2O2/c1-2-5-9-7-3-6-8(9)4-1;1-2-3(7)6-4(5)8/h1-2,4-5H,3,6-7H2;2H,1H2,(H3,5,6,7,8). The minimum Gasteiger partial charge on any atom is -0.351 e. The van der Waals surface area contributed by atoms with Crippen LogP contribution in [0.15, 0.2) is 36.9 Å². The lowest BCUT2D eigenvalue weighted by Gasteiger charge is -1.93. The lowest BCUT2D eigenvalue weighted by atomic mass is 10.1. The summed E-state index contributed by atoms with van der Waals surface area (Å²) in [5.41, 5.74) is 7.68. The van der Waals surface area contributed by atoms with Crippen LogP contribution < -0.4 is 11.1 Å². The van der Waals surface area contributed by atoms with Gasteiger partial charge in [0.05, 0.1) is 0 Å². The number of carbonyl (C=O) groups is 2. The number of nitrogens with one attached hydrogen (secondary N) is 1. The molecule has 0 saturated heterocycles. The van der Waals surface area contributed by atoms with Crippen molar-refractivity contribution in [3.8, 4) is 0 Å². The predicted octanol–water partition coefficient (Wildman–Crippen LogP) is 1.54. The van der Waals surface area contributed by atoms with E-state index in [-0.39, 0.29) is 0 Å². The van der Waals surface area contributed by atoms with Crippen molar-refractivity contribution in [2.75, 3.05) is 0 Å². The molecule has 4 heteroatoms. The summed E-state index contributed by atoms with van der Waals surface area (Å²) >= 11 is 0. The second-order valence-corrected chi connectivity index (χ2v) is 3.68. The van der Waals surface area contributed by atoms with E-state index in [1.165, 1.54) is 19.3 Å². The van der Waals surface area contributed by atoms with E-state index in [1.807, 2.05) is 0 Å². The Kier molecular flexibility index (Phi) is 4.94. The van der Waals surface area contributed by atoms with Gasteiger partial charge in [-0.3, -0.25) is 10.1 Å². The van der Waals surface area contributed by atoms with Gasteiger partial charge in [0.1, 0.15) is 0 Å². The molecule has 3 N–H and O–H groups in total. The first-order chi connectivity index (χ1) is 8.13. The summed E-state index contributed by atoms with van der Waals surface area (Å²) in [6.45, 7) is 3.09. The van der Waals surface area contributed by atoms with Crippen molar-refractivity contribution < 1.29 is 9.59 Å². The third-order valence-corrected chi connectivity index (χ3v) is 2.44. The van der Waals surface area contributed by atoms with Gasteiger partial charge in [-0.2, -0.15) is 0 Å². The monoisotopic (exact) mass is 232 g/mol. The molecule has 0 radical (unpaired) electrons. The second kappa shape index (κ2) is 6.48. The Labute approximate surface area is 101 Å². The Bertz CT molecular complexity index is 404. The number of amides is 3. The molecule has 0 bridgehead atoms. The first kappa shape index (κ1) is 13.0. The quantitative estimate of drug-likeness (QED) is 0.721. The van der Waals surface area contributed by atoms with Crippen molar-refractivity contribution in [3.63, 3.8) is 0 Å². The molecule has 0 unspecified atom stereocenters. The fourth-order valence-corrected chi connectivity index (χ4v) is 1.69. The molecular formula is C13H16N2O2. The Hall–Kier alpha value is -2.10. The number of rotatable bonds is 1. The van der Waals surface area contributed by atoms with Gasteiger partial charge >= 0.3 is 6.03 Å². The molecule has 4 nitrogen and oxygen atoms in total. The molecule has 2 rings (SSSR count). The SMILES string of the molecule is C=CC(=O)NC(N)=O.c1ccc2c(c1)CCC2. The zero-order valence-electron chi connectivity index (χ0n) is 9.61. The van der Waals surface area contributed by atoms with Crippen LogP contribution in [0.1, 0.15) is 17.5 Å². The first-order valence-electron chi connectivity index (χ1n) is 5.43. The molecule has 17 heavy (non-hydrogen) atoms. The van der Waals surface area contributed by atoms with Crippen LogP contribution in [0.5, 0.6) is 0 Å². The van der Waals surface area contributed by atoms with E-state index in [9.17, 15) is 9.59 Å². The molecule has 0 aromatic heterocycles. The van der Waals surface area contributed by atoms with Crippen molar-refractivity contribution in [1.82, 2.24) is 5.32 Å². The van der Waals surface area contributed by atoms with Gasteiger partial charge in [-0.25, -0.2) is 4.79 Å². The summed E-state index contributed by atoms with van der Waals surface area (Å²) < 4.78 is 0. The number of hydrogen-bond donors (Lipinski definition) is 2. The second-order valence-electron chi connectivity index (χ2n) is 3.68. The van der Waals surface area contributed by atoms with Gasteiger partial charge in [-0.05, 0) is 36.5 Å². The maximum absolute atomic E-state index is 10.1. The van der Waals surface area contributed by atoms with Crippen LogP contribution in [0.4, 0.5) is 4.79 Å². The Morgan fingerprint density at radius 1 is 1.24 bits per heavy atom. The molecule has 1 aliphatic rings. The third kappa shape index (κ3) is 4.51. The molecule has 1 aromatic carbocycles. The highest BCUT2D eigenvalue weighted by atomic mass is 16.2. The van der Waals surface area contributed by atoms with Gasteiger partial charge in [0.2, 0.25) is 0 Å². The summed E-state index contributed by atoms with van der Waals surface area (Å²) in [7, 11) is 0. The third-order valence-electron chi connectivity index (χ3n) is 2.44. The zero-order chi connectivity index (χ0) is 12.7. The maximum Gasteiger partial charge on any atom is 0.319 e. The number of fused-ring (bicyclic) bond motifs is 1. The maximum atomic E-state index is 10.1. The van der Waals surface area contributed by atoms with E-state index in [2.05, 4.69) is 36.6 Å². The van der Waals surface area contributed by atoms with Crippen LogP contribution in [0.3, 0.4) is 0 Å². The van der Waals surface area contributed by atoms with E-state index < -0.39 is 11.9 Å². The first-order valence-corrected chi connectivity index (χ1v) is 5.43. The predicted molar refractivity (Wildman–Crippen MR) is 66.4 cm³/mol. The lowest BCUT2D eigenvalue weighted by Crippen LogP contribution is -2.33. The van der Waals surface area contributed by atoms with Crippen molar-refractivity contribution in [3.05, 3.63) is 48.0 Å². The number of imide groups is 1. The van der Waals surface area contributed by atoms with Crippen LogP contribution >= 0.6 is 0 Å². The van der Waals surface area contributed by atoms with Crippen molar-refractivity contribution in [2.24, 2.45) is 5.73 Å². The molecule has 90 valence electrons. The summed E-state index contributed by atoms with van der Waals surface area (Å²) in [4.78, 5) is 19.9. The molecule has 0 atom stereocenters. The normalized spacial score (nSPS) is 11.8. The fraction of sp³-hybridized carbons (Fsp3) is 0.231. The van der Waals surface area contributed by atoms with E-state index >= 15 is 0 Å². The van der Waals surface area contributed by atoms with Gasteiger partial charge in [-0.15, -0.1) is 0 Å². The van der Waals surface area contributed by atoms with Gasteiger partial charge in [-0.1, -0.05) is 30.8 Å².